The van der Waals surface area contributed by atoms with E-state index in [4.69, 9.17) is 14.9 Å². The molecule has 0 bridgehead atoms. The molecule has 2 N–H and O–H groups in total. The highest BCUT2D eigenvalue weighted by atomic mass is 16.5. The Morgan fingerprint density at radius 3 is 2.90 bits per heavy atom. The summed E-state index contributed by atoms with van der Waals surface area (Å²) in [6, 6.07) is 15.2. The molecule has 0 fully saturated rings. The van der Waals surface area contributed by atoms with Gasteiger partial charge in [0.05, 0.1) is 29.1 Å². The van der Waals surface area contributed by atoms with Crippen molar-refractivity contribution in [1.82, 2.24) is 15.1 Å². The van der Waals surface area contributed by atoms with Crippen LogP contribution in [-0.2, 0) is 6.42 Å². The molecule has 7 nitrogen and oxygen atoms in total. The van der Waals surface area contributed by atoms with Crippen LogP contribution in [-0.4, -0.2) is 27.1 Å². The highest BCUT2D eigenvalue weighted by Crippen LogP contribution is 2.35. The summed E-state index contributed by atoms with van der Waals surface area (Å²) in [6.07, 6.45) is 2.37. The van der Waals surface area contributed by atoms with Gasteiger partial charge in [0.1, 0.15) is 11.8 Å². The van der Waals surface area contributed by atoms with Crippen molar-refractivity contribution in [3.05, 3.63) is 65.4 Å². The Hall–Kier alpha value is -3.79. The number of fused-ring (bicyclic) bond motifs is 1. The summed E-state index contributed by atoms with van der Waals surface area (Å²) in [7, 11) is 0. The minimum absolute atomic E-state index is 0.0122. The van der Waals surface area contributed by atoms with Crippen LogP contribution < -0.4 is 10.1 Å². The second-order valence-electron chi connectivity index (χ2n) is 7.52. The first-order valence-electron chi connectivity index (χ1n) is 9.84. The fraction of sp³-hybridized carbons (Fsp3) is 0.261. The van der Waals surface area contributed by atoms with E-state index in [9.17, 15) is 10.1 Å². The number of hydrogen-bond donors (Lipinski definition) is 2. The van der Waals surface area contributed by atoms with Gasteiger partial charge in [-0.05, 0) is 68.1 Å². The SMILES string of the molecule is CC(C)Oc1ccc(-c2ccn(-c3cccc4c3CCC4NC(=O)O)n2)cc1C#N. The standard InChI is InChI=1S/C23H22N4O3/c1-14(2)30-22-9-6-15(12-16(22)13-24)19-10-11-27(26-19)21-5-3-4-17-18(21)7-8-20(17)25-23(28)29/h3-6,9-12,14,20,25H,7-8H2,1-2H3,(H,28,29). The first kappa shape index (κ1) is 19.5. The maximum Gasteiger partial charge on any atom is 0.405 e. The van der Waals surface area contributed by atoms with Crippen LogP contribution in [0.25, 0.3) is 16.9 Å². The predicted molar refractivity (Wildman–Crippen MR) is 112 cm³/mol. The van der Waals surface area contributed by atoms with Gasteiger partial charge in [-0.1, -0.05) is 12.1 Å². The zero-order valence-corrected chi connectivity index (χ0v) is 16.8. The van der Waals surface area contributed by atoms with Crippen molar-refractivity contribution in [2.45, 2.75) is 38.8 Å². The van der Waals surface area contributed by atoms with Crippen molar-refractivity contribution < 1.29 is 14.6 Å². The zero-order valence-electron chi connectivity index (χ0n) is 16.8. The summed E-state index contributed by atoms with van der Waals surface area (Å²) >= 11 is 0. The molecule has 30 heavy (non-hydrogen) atoms. The van der Waals surface area contributed by atoms with Gasteiger partial charge in [0, 0.05) is 11.8 Å². The second kappa shape index (κ2) is 7.91. The summed E-state index contributed by atoms with van der Waals surface area (Å²) in [4.78, 5) is 11.1. The number of aromatic nitrogens is 2. The molecule has 1 aliphatic carbocycles. The van der Waals surface area contributed by atoms with E-state index in [-0.39, 0.29) is 12.1 Å². The van der Waals surface area contributed by atoms with Crippen molar-refractivity contribution in [1.29, 1.82) is 5.26 Å². The van der Waals surface area contributed by atoms with Gasteiger partial charge < -0.3 is 15.2 Å². The van der Waals surface area contributed by atoms with Gasteiger partial charge >= 0.3 is 6.09 Å². The monoisotopic (exact) mass is 402 g/mol. The first-order valence-corrected chi connectivity index (χ1v) is 9.84. The van der Waals surface area contributed by atoms with E-state index in [1.165, 1.54) is 0 Å². The molecule has 1 aromatic heterocycles. The number of benzene rings is 2. The summed E-state index contributed by atoms with van der Waals surface area (Å²) in [5.74, 6) is 0.563. The van der Waals surface area contributed by atoms with Gasteiger partial charge in [-0.25, -0.2) is 9.48 Å². The lowest BCUT2D eigenvalue weighted by atomic mass is 10.1. The second-order valence-corrected chi connectivity index (χ2v) is 7.52. The van der Waals surface area contributed by atoms with Crippen LogP contribution in [0.15, 0.2) is 48.7 Å². The Morgan fingerprint density at radius 2 is 2.17 bits per heavy atom. The fourth-order valence-electron chi connectivity index (χ4n) is 3.89. The van der Waals surface area contributed by atoms with Gasteiger partial charge in [0.15, 0.2) is 0 Å². The minimum Gasteiger partial charge on any atom is -0.490 e. The number of amides is 1. The molecular weight excluding hydrogens is 380 g/mol. The number of ether oxygens (including phenoxy) is 1. The van der Waals surface area contributed by atoms with Crippen LogP contribution >= 0.6 is 0 Å². The van der Waals surface area contributed by atoms with E-state index < -0.39 is 6.09 Å². The highest BCUT2D eigenvalue weighted by Gasteiger charge is 2.26. The normalized spacial score (nSPS) is 14.9. The number of rotatable bonds is 5. The van der Waals surface area contributed by atoms with Crippen LogP contribution in [0.1, 0.15) is 43.0 Å². The van der Waals surface area contributed by atoms with E-state index in [1.807, 2.05) is 55.1 Å². The van der Waals surface area contributed by atoms with Crippen LogP contribution in [0.4, 0.5) is 4.79 Å². The Kier molecular flexibility index (Phi) is 5.15. The van der Waals surface area contributed by atoms with Crippen molar-refractivity contribution in [3.8, 4) is 28.8 Å². The molecule has 1 atom stereocenters. The molecule has 1 aliphatic rings. The lowest BCUT2D eigenvalue weighted by Crippen LogP contribution is -2.24. The average molecular weight is 402 g/mol. The maximum absolute atomic E-state index is 11.1. The third-order valence-electron chi connectivity index (χ3n) is 5.14. The number of nitrogens with one attached hydrogen (secondary N) is 1. The average Bonchev–Trinajstić information content (AvgIpc) is 3.35. The lowest BCUT2D eigenvalue weighted by Gasteiger charge is -2.13. The lowest BCUT2D eigenvalue weighted by molar-refractivity contribution is 0.190. The van der Waals surface area contributed by atoms with Crippen LogP contribution in [0.2, 0.25) is 0 Å². The molecule has 0 aliphatic heterocycles. The Morgan fingerprint density at radius 1 is 1.33 bits per heavy atom. The largest absolute Gasteiger partial charge is 0.490 e. The van der Waals surface area contributed by atoms with Crippen LogP contribution in [0.3, 0.4) is 0 Å². The Labute approximate surface area is 174 Å². The molecule has 0 saturated heterocycles. The quantitative estimate of drug-likeness (QED) is 0.657. The topological polar surface area (TPSA) is 100 Å². The molecular formula is C23H22N4O3. The van der Waals surface area contributed by atoms with Gasteiger partial charge in [0.2, 0.25) is 0 Å². The van der Waals surface area contributed by atoms with E-state index in [0.29, 0.717) is 11.3 Å². The molecule has 2 aromatic carbocycles. The number of carbonyl (C=O) groups is 1. The predicted octanol–water partition coefficient (Wildman–Crippen LogP) is 4.45. The molecule has 152 valence electrons. The van der Waals surface area contributed by atoms with Gasteiger partial charge in [-0.3, -0.25) is 0 Å². The highest BCUT2D eigenvalue weighted by molar-refractivity contribution is 5.67. The van der Waals surface area contributed by atoms with E-state index in [1.54, 1.807) is 12.1 Å². The molecule has 4 rings (SSSR count). The van der Waals surface area contributed by atoms with E-state index >= 15 is 0 Å². The molecule has 1 amide bonds. The maximum atomic E-state index is 11.1. The molecule has 0 spiro atoms. The van der Waals surface area contributed by atoms with E-state index in [0.717, 1.165) is 40.9 Å². The smallest absolute Gasteiger partial charge is 0.405 e. The van der Waals surface area contributed by atoms with Gasteiger partial charge in [-0.15, -0.1) is 0 Å². The summed E-state index contributed by atoms with van der Waals surface area (Å²) < 4.78 is 7.50. The number of carboxylic acid groups (broad SMARTS) is 1. The molecule has 1 unspecified atom stereocenters. The molecule has 7 heteroatoms. The summed E-state index contributed by atoms with van der Waals surface area (Å²) in [6.45, 7) is 3.84. The Balaban J connectivity index is 1.66. The third kappa shape index (κ3) is 3.72. The van der Waals surface area contributed by atoms with Gasteiger partial charge in [0.25, 0.3) is 0 Å². The molecule has 3 aromatic rings. The first-order chi connectivity index (χ1) is 14.5. The molecule has 0 radical (unpaired) electrons. The van der Waals surface area contributed by atoms with Crippen LogP contribution in [0.5, 0.6) is 5.75 Å². The Bertz CT molecular complexity index is 1140. The van der Waals surface area contributed by atoms with Crippen LogP contribution in [0, 0.1) is 11.3 Å². The van der Waals surface area contributed by atoms with Crippen molar-refractivity contribution in [2.24, 2.45) is 0 Å². The van der Waals surface area contributed by atoms with Crippen molar-refractivity contribution >= 4 is 6.09 Å². The fourth-order valence-corrected chi connectivity index (χ4v) is 3.89. The molecule has 1 heterocycles. The number of hydrogen-bond acceptors (Lipinski definition) is 4. The third-order valence-corrected chi connectivity index (χ3v) is 5.14. The molecule has 0 saturated carbocycles. The van der Waals surface area contributed by atoms with Crippen molar-refractivity contribution in [2.75, 3.05) is 0 Å². The van der Waals surface area contributed by atoms with E-state index in [2.05, 4.69) is 11.4 Å². The summed E-state index contributed by atoms with van der Waals surface area (Å²) in [5.41, 5.74) is 5.09. The zero-order chi connectivity index (χ0) is 21.3. The number of nitriles is 1. The van der Waals surface area contributed by atoms with Crippen molar-refractivity contribution in [3.63, 3.8) is 0 Å². The number of nitrogens with zero attached hydrogens (tertiary/aromatic N) is 3. The van der Waals surface area contributed by atoms with Gasteiger partial charge in [-0.2, -0.15) is 10.4 Å². The minimum atomic E-state index is -1.02. The summed E-state index contributed by atoms with van der Waals surface area (Å²) in [5, 5.41) is 25.8.